The van der Waals surface area contributed by atoms with Crippen LogP contribution in [0, 0.1) is 0 Å². The molecular formula is C19H21NO6. The number of carbonyl (C=O) groups excluding carboxylic acids is 1. The Bertz CT molecular complexity index is 791. The Morgan fingerprint density at radius 2 is 1.96 bits per heavy atom. The minimum Gasteiger partial charge on any atom is -0.493 e. The van der Waals surface area contributed by atoms with Crippen molar-refractivity contribution in [3.63, 3.8) is 0 Å². The molecule has 0 unspecified atom stereocenters. The van der Waals surface area contributed by atoms with Gasteiger partial charge in [0.1, 0.15) is 5.76 Å². The third kappa shape index (κ3) is 4.17. The van der Waals surface area contributed by atoms with Crippen LogP contribution in [-0.2, 0) is 6.54 Å². The van der Waals surface area contributed by atoms with Crippen LogP contribution in [0.1, 0.15) is 52.4 Å². The zero-order valence-electron chi connectivity index (χ0n) is 14.5. The van der Waals surface area contributed by atoms with Crippen molar-refractivity contribution >= 4 is 11.9 Å². The normalized spacial score (nSPS) is 14.2. The Labute approximate surface area is 150 Å². The van der Waals surface area contributed by atoms with E-state index in [0.29, 0.717) is 22.8 Å². The molecule has 7 nitrogen and oxygen atoms in total. The maximum Gasteiger partial charge on any atom is 0.371 e. The second-order valence-electron chi connectivity index (χ2n) is 6.14. The molecule has 1 fully saturated rings. The summed E-state index contributed by atoms with van der Waals surface area (Å²) in [5, 5.41) is 11.5. The number of furan rings is 1. The summed E-state index contributed by atoms with van der Waals surface area (Å²) in [5.41, 5.74) is 0.434. The van der Waals surface area contributed by atoms with E-state index in [2.05, 4.69) is 5.32 Å². The third-order valence-electron chi connectivity index (χ3n) is 4.32. The van der Waals surface area contributed by atoms with Gasteiger partial charge in [0, 0.05) is 5.56 Å². The molecule has 1 aromatic carbocycles. The maximum absolute atomic E-state index is 12.4. The van der Waals surface area contributed by atoms with Crippen LogP contribution in [0.3, 0.4) is 0 Å². The molecule has 26 heavy (non-hydrogen) atoms. The second-order valence-corrected chi connectivity index (χ2v) is 6.14. The summed E-state index contributed by atoms with van der Waals surface area (Å²) in [4.78, 5) is 23.2. The highest BCUT2D eigenvalue weighted by Gasteiger charge is 2.20. The summed E-state index contributed by atoms with van der Waals surface area (Å²) in [6.45, 7) is 0.0942. The largest absolute Gasteiger partial charge is 0.493 e. The molecule has 0 radical (unpaired) electrons. The van der Waals surface area contributed by atoms with Crippen molar-refractivity contribution in [2.24, 2.45) is 0 Å². The summed E-state index contributed by atoms with van der Waals surface area (Å²) in [5.74, 6) is -0.106. The van der Waals surface area contributed by atoms with Crippen molar-refractivity contribution in [3.05, 3.63) is 47.4 Å². The van der Waals surface area contributed by atoms with Gasteiger partial charge in [0.2, 0.25) is 5.76 Å². The fourth-order valence-corrected chi connectivity index (χ4v) is 2.95. The number of aromatic carboxylic acids is 1. The van der Waals surface area contributed by atoms with Gasteiger partial charge in [-0.05, 0) is 56.0 Å². The van der Waals surface area contributed by atoms with E-state index in [-0.39, 0.29) is 24.3 Å². The Balaban J connectivity index is 1.66. The highest BCUT2D eigenvalue weighted by atomic mass is 16.5. The van der Waals surface area contributed by atoms with Crippen LogP contribution < -0.4 is 14.8 Å². The first-order valence-corrected chi connectivity index (χ1v) is 8.51. The van der Waals surface area contributed by atoms with Crippen molar-refractivity contribution in [2.45, 2.75) is 38.3 Å². The summed E-state index contributed by atoms with van der Waals surface area (Å²) < 4.78 is 16.4. The average molecular weight is 359 g/mol. The number of rotatable bonds is 7. The minimum atomic E-state index is -1.15. The zero-order valence-corrected chi connectivity index (χ0v) is 14.5. The molecule has 0 saturated heterocycles. The van der Waals surface area contributed by atoms with Crippen molar-refractivity contribution in [2.75, 3.05) is 7.11 Å². The Morgan fingerprint density at radius 1 is 1.19 bits per heavy atom. The fraction of sp³-hybridized carbons (Fsp3) is 0.368. The molecule has 138 valence electrons. The standard InChI is InChI=1S/C19H21NO6/c1-24-15-8-6-12(10-17(15)25-13-4-2-3-5-13)18(21)20-11-14-7-9-16(26-14)19(22)23/h6-10,13H,2-5,11H2,1H3,(H,20,21)(H,22,23). The van der Waals surface area contributed by atoms with Gasteiger partial charge in [-0.2, -0.15) is 0 Å². The van der Waals surface area contributed by atoms with Crippen molar-refractivity contribution in [1.82, 2.24) is 5.32 Å². The predicted molar refractivity (Wildman–Crippen MR) is 92.7 cm³/mol. The molecule has 0 aliphatic heterocycles. The van der Waals surface area contributed by atoms with Crippen molar-refractivity contribution in [1.29, 1.82) is 0 Å². The number of carbonyl (C=O) groups is 2. The number of amides is 1. The molecule has 1 aliphatic carbocycles. The van der Waals surface area contributed by atoms with Gasteiger partial charge in [-0.1, -0.05) is 0 Å². The molecule has 1 aliphatic rings. The molecule has 1 heterocycles. The quantitative estimate of drug-likeness (QED) is 0.787. The lowest BCUT2D eigenvalue weighted by molar-refractivity contribution is 0.0660. The molecule has 7 heteroatoms. The van der Waals surface area contributed by atoms with Gasteiger partial charge in [-0.25, -0.2) is 4.79 Å². The molecule has 2 aromatic rings. The van der Waals surface area contributed by atoms with E-state index in [9.17, 15) is 9.59 Å². The molecule has 0 atom stereocenters. The van der Waals surface area contributed by atoms with Gasteiger partial charge in [0.25, 0.3) is 5.91 Å². The predicted octanol–water partition coefficient (Wildman–Crippen LogP) is 3.24. The zero-order chi connectivity index (χ0) is 18.5. The summed E-state index contributed by atoms with van der Waals surface area (Å²) in [6.07, 6.45) is 4.46. The van der Waals surface area contributed by atoms with Gasteiger partial charge >= 0.3 is 5.97 Å². The lowest BCUT2D eigenvalue weighted by Gasteiger charge is -2.16. The number of hydrogen-bond donors (Lipinski definition) is 2. The van der Waals surface area contributed by atoms with Crippen LogP contribution in [0.2, 0.25) is 0 Å². The van der Waals surface area contributed by atoms with Crippen LogP contribution in [0.5, 0.6) is 11.5 Å². The van der Waals surface area contributed by atoms with E-state index < -0.39 is 5.97 Å². The topological polar surface area (TPSA) is 98.0 Å². The number of nitrogens with one attached hydrogen (secondary N) is 1. The molecule has 0 spiro atoms. The summed E-state index contributed by atoms with van der Waals surface area (Å²) in [6, 6.07) is 7.89. The summed E-state index contributed by atoms with van der Waals surface area (Å²) in [7, 11) is 1.56. The van der Waals surface area contributed by atoms with Crippen LogP contribution in [0.15, 0.2) is 34.7 Å². The van der Waals surface area contributed by atoms with E-state index in [1.54, 1.807) is 25.3 Å². The van der Waals surface area contributed by atoms with Crippen molar-refractivity contribution in [3.8, 4) is 11.5 Å². The van der Waals surface area contributed by atoms with E-state index in [1.165, 1.54) is 12.1 Å². The first kappa shape index (κ1) is 17.8. The van der Waals surface area contributed by atoms with E-state index >= 15 is 0 Å². The Hall–Kier alpha value is -2.96. The van der Waals surface area contributed by atoms with Crippen LogP contribution in [0.25, 0.3) is 0 Å². The fourth-order valence-electron chi connectivity index (χ4n) is 2.95. The third-order valence-corrected chi connectivity index (χ3v) is 4.32. The molecular weight excluding hydrogens is 338 g/mol. The highest BCUT2D eigenvalue weighted by molar-refractivity contribution is 5.94. The second kappa shape index (κ2) is 7.95. The number of benzene rings is 1. The number of carboxylic acids is 1. The molecule has 3 rings (SSSR count). The van der Waals surface area contributed by atoms with Gasteiger partial charge in [-0.15, -0.1) is 0 Å². The first-order chi connectivity index (χ1) is 12.6. The number of ether oxygens (including phenoxy) is 2. The number of hydrogen-bond acceptors (Lipinski definition) is 5. The van der Waals surface area contributed by atoms with Gasteiger partial charge in [0.05, 0.1) is 19.8 Å². The number of methoxy groups -OCH3 is 1. The van der Waals surface area contributed by atoms with Crippen LogP contribution in [-0.4, -0.2) is 30.2 Å². The van der Waals surface area contributed by atoms with E-state index in [0.717, 1.165) is 25.7 Å². The Morgan fingerprint density at radius 3 is 2.62 bits per heavy atom. The van der Waals surface area contributed by atoms with Crippen LogP contribution in [0.4, 0.5) is 0 Å². The molecule has 1 amide bonds. The van der Waals surface area contributed by atoms with Gasteiger partial charge in [0.15, 0.2) is 11.5 Å². The van der Waals surface area contributed by atoms with Crippen LogP contribution >= 0.6 is 0 Å². The number of carboxylic acid groups (broad SMARTS) is 1. The van der Waals surface area contributed by atoms with Gasteiger partial charge in [-0.3, -0.25) is 4.79 Å². The highest BCUT2D eigenvalue weighted by Crippen LogP contribution is 2.32. The molecule has 1 saturated carbocycles. The smallest absolute Gasteiger partial charge is 0.371 e. The summed E-state index contributed by atoms with van der Waals surface area (Å²) >= 11 is 0. The Kier molecular flexibility index (Phi) is 5.46. The van der Waals surface area contributed by atoms with E-state index in [1.807, 2.05) is 0 Å². The molecule has 1 aromatic heterocycles. The van der Waals surface area contributed by atoms with Gasteiger partial charge < -0.3 is 24.3 Å². The lowest BCUT2D eigenvalue weighted by Crippen LogP contribution is -2.22. The average Bonchev–Trinajstić information content (AvgIpc) is 3.31. The molecule has 2 N–H and O–H groups in total. The van der Waals surface area contributed by atoms with E-state index in [4.69, 9.17) is 19.0 Å². The monoisotopic (exact) mass is 359 g/mol. The molecule has 0 bridgehead atoms. The minimum absolute atomic E-state index is 0.0942. The van der Waals surface area contributed by atoms with Crippen molar-refractivity contribution < 1.29 is 28.6 Å². The lowest BCUT2D eigenvalue weighted by atomic mass is 10.2. The SMILES string of the molecule is COc1ccc(C(=O)NCc2ccc(C(=O)O)o2)cc1OC1CCCC1. The first-order valence-electron chi connectivity index (χ1n) is 8.51. The maximum atomic E-state index is 12.4.